The number of benzene rings is 2. The highest BCUT2D eigenvalue weighted by atomic mass is 16.5. The molecule has 2 aromatic rings. The van der Waals surface area contributed by atoms with Crippen LogP contribution in [0.15, 0.2) is 48.5 Å². The first kappa shape index (κ1) is 16.4. The van der Waals surface area contributed by atoms with Crippen molar-refractivity contribution in [3.05, 3.63) is 59.7 Å². The molecule has 1 fully saturated rings. The molecule has 1 saturated heterocycles. The highest BCUT2D eigenvalue weighted by Crippen LogP contribution is 2.28. The lowest BCUT2D eigenvalue weighted by molar-refractivity contribution is -0.141. The van der Waals surface area contributed by atoms with Crippen molar-refractivity contribution in [2.75, 3.05) is 31.1 Å². The molecule has 134 valence electrons. The number of ether oxygens (including phenoxy) is 1. The molecule has 2 aromatic carbocycles. The molecule has 1 amide bonds. The van der Waals surface area contributed by atoms with Crippen molar-refractivity contribution in [2.24, 2.45) is 0 Å². The average Bonchev–Trinajstić information content (AvgIpc) is 2.68. The maximum absolute atomic E-state index is 12.8. The summed E-state index contributed by atoms with van der Waals surface area (Å²) in [5.41, 5.74) is 2.17. The Morgan fingerprint density at radius 3 is 2.46 bits per heavy atom. The van der Waals surface area contributed by atoms with Gasteiger partial charge >= 0.3 is 5.97 Å². The fourth-order valence-electron chi connectivity index (χ4n) is 3.57. The first-order chi connectivity index (χ1) is 12.6. The first-order valence-corrected chi connectivity index (χ1v) is 8.74. The van der Waals surface area contributed by atoms with Crippen LogP contribution in [-0.2, 0) is 16.0 Å². The van der Waals surface area contributed by atoms with Gasteiger partial charge in [0.15, 0.2) is 6.10 Å². The monoisotopic (exact) mass is 352 g/mol. The zero-order valence-corrected chi connectivity index (χ0v) is 14.3. The summed E-state index contributed by atoms with van der Waals surface area (Å²) in [4.78, 5) is 28.7. The van der Waals surface area contributed by atoms with Crippen LogP contribution in [0, 0.1) is 0 Å². The number of cyclic esters (lactones) is 1. The lowest BCUT2D eigenvalue weighted by atomic mass is 9.98. The largest absolute Gasteiger partial charge is 0.506 e. The van der Waals surface area contributed by atoms with Crippen molar-refractivity contribution >= 4 is 17.6 Å². The summed E-state index contributed by atoms with van der Waals surface area (Å²) in [6.45, 7) is 2.31. The molecular weight excluding hydrogens is 332 g/mol. The number of hydrogen-bond acceptors (Lipinski definition) is 5. The number of hydrogen-bond donors (Lipinski definition) is 1. The van der Waals surface area contributed by atoms with E-state index < -0.39 is 12.1 Å². The Kier molecular flexibility index (Phi) is 4.24. The number of fused-ring (bicyclic) bond motifs is 1. The molecule has 0 saturated carbocycles. The highest BCUT2D eigenvalue weighted by Gasteiger charge is 2.35. The maximum Gasteiger partial charge on any atom is 0.339 e. The van der Waals surface area contributed by atoms with Gasteiger partial charge in [0.1, 0.15) is 5.75 Å². The van der Waals surface area contributed by atoms with E-state index in [0.717, 1.165) is 11.3 Å². The Bertz CT molecular complexity index is 843. The molecule has 4 rings (SSSR count). The molecule has 0 bridgehead atoms. The summed E-state index contributed by atoms with van der Waals surface area (Å²) in [7, 11) is 0. The molecule has 6 nitrogen and oxygen atoms in total. The molecule has 1 atom stereocenters. The van der Waals surface area contributed by atoms with Crippen molar-refractivity contribution in [3.8, 4) is 5.75 Å². The van der Waals surface area contributed by atoms with E-state index in [1.807, 2.05) is 24.3 Å². The van der Waals surface area contributed by atoms with Crippen LogP contribution in [0.25, 0.3) is 0 Å². The topological polar surface area (TPSA) is 70.1 Å². The van der Waals surface area contributed by atoms with Gasteiger partial charge in [-0.3, -0.25) is 4.79 Å². The standard InChI is InChI=1S/C20H20N2O4/c23-17-8-4-3-7-16(17)21-9-11-22(12-10-21)19(24)18-13-14-5-1-2-6-15(14)20(25)26-18/h1-8,18,23H,9-13H2. The average molecular weight is 352 g/mol. The van der Waals surface area contributed by atoms with E-state index in [-0.39, 0.29) is 11.7 Å². The number of carbonyl (C=O) groups is 2. The van der Waals surface area contributed by atoms with Crippen LogP contribution >= 0.6 is 0 Å². The van der Waals surface area contributed by atoms with E-state index in [0.29, 0.717) is 38.2 Å². The number of piperazine rings is 1. The van der Waals surface area contributed by atoms with Gasteiger partial charge in [0.25, 0.3) is 5.91 Å². The second-order valence-electron chi connectivity index (χ2n) is 6.56. The smallest absolute Gasteiger partial charge is 0.339 e. The summed E-state index contributed by atoms with van der Waals surface area (Å²) in [6.07, 6.45) is -0.338. The number of amides is 1. The van der Waals surface area contributed by atoms with Crippen LogP contribution in [0.5, 0.6) is 5.75 Å². The van der Waals surface area contributed by atoms with Crippen molar-refractivity contribution in [2.45, 2.75) is 12.5 Å². The Hall–Kier alpha value is -3.02. The number of phenols is 1. The Morgan fingerprint density at radius 2 is 1.69 bits per heavy atom. The van der Waals surface area contributed by atoms with Crippen LogP contribution in [-0.4, -0.2) is 54.2 Å². The Labute approximate surface area is 151 Å². The molecule has 0 aromatic heterocycles. The molecule has 26 heavy (non-hydrogen) atoms. The Morgan fingerprint density at radius 1 is 1.00 bits per heavy atom. The minimum Gasteiger partial charge on any atom is -0.506 e. The number of para-hydroxylation sites is 2. The van der Waals surface area contributed by atoms with E-state index in [1.54, 1.807) is 29.2 Å². The van der Waals surface area contributed by atoms with Crippen LogP contribution in [0.2, 0.25) is 0 Å². The molecule has 0 aliphatic carbocycles. The van der Waals surface area contributed by atoms with E-state index in [4.69, 9.17) is 4.74 Å². The number of nitrogens with zero attached hydrogens (tertiary/aromatic N) is 2. The van der Waals surface area contributed by atoms with Crippen LogP contribution in [0.4, 0.5) is 5.69 Å². The molecule has 2 aliphatic heterocycles. The zero-order chi connectivity index (χ0) is 18.1. The van der Waals surface area contributed by atoms with Gasteiger partial charge in [-0.25, -0.2) is 4.79 Å². The number of phenolic OH excluding ortho intramolecular Hbond substituents is 1. The lowest BCUT2D eigenvalue weighted by Crippen LogP contribution is -2.53. The first-order valence-electron chi connectivity index (χ1n) is 8.74. The van der Waals surface area contributed by atoms with E-state index in [2.05, 4.69) is 4.90 Å². The summed E-state index contributed by atoms with van der Waals surface area (Å²) >= 11 is 0. The molecule has 1 N–H and O–H groups in total. The predicted molar refractivity (Wildman–Crippen MR) is 96.2 cm³/mol. The molecule has 1 unspecified atom stereocenters. The highest BCUT2D eigenvalue weighted by molar-refractivity contribution is 5.95. The predicted octanol–water partition coefficient (Wildman–Crippen LogP) is 1.82. The molecular formula is C20H20N2O4. The van der Waals surface area contributed by atoms with E-state index in [9.17, 15) is 14.7 Å². The van der Waals surface area contributed by atoms with Gasteiger partial charge in [-0.15, -0.1) is 0 Å². The number of aromatic hydroxyl groups is 1. The Balaban J connectivity index is 1.42. The van der Waals surface area contributed by atoms with Gasteiger partial charge < -0.3 is 19.6 Å². The summed E-state index contributed by atoms with van der Waals surface area (Å²) in [5, 5.41) is 9.98. The molecule has 0 radical (unpaired) electrons. The van der Waals surface area contributed by atoms with Gasteiger partial charge in [0.05, 0.1) is 11.3 Å². The van der Waals surface area contributed by atoms with Crippen molar-refractivity contribution in [3.63, 3.8) is 0 Å². The fraction of sp³-hybridized carbons (Fsp3) is 0.300. The van der Waals surface area contributed by atoms with Gasteiger partial charge in [-0.2, -0.15) is 0 Å². The number of rotatable bonds is 2. The van der Waals surface area contributed by atoms with Crippen LogP contribution in [0.1, 0.15) is 15.9 Å². The molecule has 0 spiro atoms. The van der Waals surface area contributed by atoms with Gasteiger partial charge in [-0.05, 0) is 23.8 Å². The number of esters is 1. The van der Waals surface area contributed by atoms with Gasteiger partial charge in [0.2, 0.25) is 0 Å². The fourth-order valence-corrected chi connectivity index (χ4v) is 3.57. The molecule has 6 heteroatoms. The second kappa shape index (κ2) is 6.71. The van der Waals surface area contributed by atoms with Gasteiger partial charge in [0, 0.05) is 32.6 Å². The number of carbonyl (C=O) groups excluding carboxylic acids is 2. The van der Waals surface area contributed by atoms with Crippen molar-refractivity contribution < 1.29 is 19.4 Å². The third kappa shape index (κ3) is 2.98. The maximum atomic E-state index is 12.8. The second-order valence-corrected chi connectivity index (χ2v) is 6.56. The molecule has 2 heterocycles. The van der Waals surface area contributed by atoms with Gasteiger partial charge in [-0.1, -0.05) is 30.3 Å². The minimum atomic E-state index is -0.755. The summed E-state index contributed by atoms with van der Waals surface area (Å²) in [5.74, 6) is -0.340. The van der Waals surface area contributed by atoms with E-state index in [1.165, 1.54) is 0 Å². The van der Waals surface area contributed by atoms with Crippen molar-refractivity contribution in [1.29, 1.82) is 0 Å². The zero-order valence-electron chi connectivity index (χ0n) is 14.3. The minimum absolute atomic E-state index is 0.148. The third-order valence-electron chi connectivity index (χ3n) is 4.98. The number of anilines is 1. The van der Waals surface area contributed by atoms with Crippen molar-refractivity contribution in [1.82, 2.24) is 4.90 Å². The lowest BCUT2D eigenvalue weighted by Gasteiger charge is -2.38. The van der Waals surface area contributed by atoms with E-state index >= 15 is 0 Å². The summed E-state index contributed by atoms with van der Waals surface area (Å²) < 4.78 is 5.37. The summed E-state index contributed by atoms with van der Waals surface area (Å²) in [6, 6.07) is 14.4. The quantitative estimate of drug-likeness (QED) is 0.835. The molecule has 2 aliphatic rings. The SMILES string of the molecule is O=C1OC(C(=O)N2CCN(c3ccccc3O)CC2)Cc2ccccc21. The normalized spacial score (nSPS) is 19.7. The van der Waals surface area contributed by atoms with Crippen LogP contribution in [0.3, 0.4) is 0 Å². The van der Waals surface area contributed by atoms with Crippen LogP contribution < -0.4 is 4.90 Å². The third-order valence-corrected chi connectivity index (χ3v) is 4.98.